The maximum absolute atomic E-state index is 13.8. The van der Waals surface area contributed by atoms with E-state index in [-0.39, 0.29) is 6.54 Å². The second-order valence-corrected chi connectivity index (χ2v) is 9.00. The Labute approximate surface area is 226 Å². The van der Waals surface area contributed by atoms with Gasteiger partial charge in [-0.05, 0) is 47.0 Å². The minimum absolute atomic E-state index is 0.0897. The third-order valence-corrected chi connectivity index (χ3v) is 5.70. The molecule has 2 aromatic carbocycles. The minimum Gasteiger partial charge on any atom is -0.307 e. The van der Waals surface area contributed by atoms with Crippen LogP contribution >= 0.6 is 23.2 Å². The van der Waals surface area contributed by atoms with Crippen LogP contribution in [0.1, 0.15) is 11.3 Å². The summed E-state index contributed by atoms with van der Waals surface area (Å²) >= 11 is 12.2. The molecule has 0 saturated carbocycles. The Bertz CT molecular complexity index is 1440. The molecule has 2 heterocycles. The molecule has 0 spiro atoms. The van der Waals surface area contributed by atoms with E-state index in [2.05, 4.69) is 15.5 Å². The first-order valence-corrected chi connectivity index (χ1v) is 11.7. The second kappa shape index (κ2) is 12.2. The topological polar surface area (TPSA) is 80.1 Å². The first kappa shape index (κ1) is 28.8. The number of carbonyl (C=O) groups excluding carboxylic acids is 1. The molecule has 12 heteroatoms. The van der Waals surface area contributed by atoms with E-state index in [9.17, 15) is 18.0 Å². The van der Waals surface area contributed by atoms with Crippen molar-refractivity contribution in [3.63, 3.8) is 0 Å². The van der Waals surface area contributed by atoms with Crippen molar-refractivity contribution in [2.45, 2.75) is 12.7 Å². The van der Waals surface area contributed by atoms with Crippen molar-refractivity contribution in [3.8, 4) is 22.3 Å². The third-order valence-electron chi connectivity index (χ3n) is 5.20. The Morgan fingerprint density at radius 1 is 0.895 bits per heavy atom. The van der Waals surface area contributed by atoms with Gasteiger partial charge < -0.3 is 10.2 Å². The number of nitrogens with zero attached hydrogens (tertiary/aromatic N) is 4. The summed E-state index contributed by atoms with van der Waals surface area (Å²) in [4.78, 5) is 25.3. The number of aromatic nitrogens is 3. The molecule has 0 aliphatic heterocycles. The molecule has 0 bridgehead atoms. The van der Waals surface area contributed by atoms with Gasteiger partial charge in [0.2, 0.25) is 0 Å². The van der Waals surface area contributed by atoms with Gasteiger partial charge in [0.1, 0.15) is 12.5 Å². The largest absolute Gasteiger partial charge is 0.433 e. The highest BCUT2D eigenvalue weighted by Gasteiger charge is 2.32. The van der Waals surface area contributed by atoms with E-state index in [0.717, 1.165) is 12.3 Å². The number of alkyl halides is 3. The molecule has 0 radical (unpaired) electrons. The van der Waals surface area contributed by atoms with E-state index in [1.54, 1.807) is 67.6 Å². The average Bonchev–Trinajstić information content (AvgIpc) is 2.88. The molecule has 1 N–H and O–H groups in total. The zero-order valence-corrected chi connectivity index (χ0v) is 21.8. The van der Waals surface area contributed by atoms with Gasteiger partial charge in [0.05, 0.1) is 12.1 Å². The minimum atomic E-state index is -4.56. The number of pyridine rings is 1. The van der Waals surface area contributed by atoms with Crippen LogP contribution < -0.4 is 11.0 Å². The van der Waals surface area contributed by atoms with Crippen LogP contribution in [0.15, 0.2) is 71.7 Å². The highest BCUT2D eigenvalue weighted by Crippen LogP contribution is 2.36. The van der Waals surface area contributed by atoms with Crippen LogP contribution in [0.25, 0.3) is 22.3 Å². The van der Waals surface area contributed by atoms with Gasteiger partial charge >= 0.3 is 6.18 Å². The zero-order valence-electron chi connectivity index (χ0n) is 20.3. The molecule has 198 valence electrons. The fourth-order valence-corrected chi connectivity index (χ4v) is 3.86. The number of rotatable bonds is 6. The molecule has 4 rings (SSSR count). The number of anilines is 1. The van der Waals surface area contributed by atoms with E-state index < -0.39 is 17.4 Å². The first-order valence-electron chi connectivity index (χ1n) is 10.9. The molecule has 0 atom stereocenters. The predicted molar refractivity (Wildman–Crippen MR) is 142 cm³/mol. The van der Waals surface area contributed by atoms with Gasteiger partial charge in [-0.25, -0.2) is 9.69 Å². The van der Waals surface area contributed by atoms with Gasteiger partial charge in [-0.1, -0.05) is 53.5 Å². The quantitative estimate of drug-likeness (QED) is 0.288. The van der Waals surface area contributed by atoms with E-state index >= 15 is 0 Å². The number of nitrogens with one attached hydrogen (secondary N) is 1. The predicted octanol–water partition coefficient (Wildman–Crippen LogP) is 6.05. The van der Waals surface area contributed by atoms with Crippen molar-refractivity contribution >= 4 is 35.8 Å². The Morgan fingerprint density at radius 2 is 1.42 bits per heavy atom. The van der Waals surface area contributed by atoms with Crippen LogP contribution in [0.4, 0.5) is 19.0 Å². The summed E-state index contributed by atoms with van der Waals surface area (Å²) in [6.07, 6.45) is -3.47. The van der Waals surface area contributed by atoms with Crippen LogP contribution in [0.5, 0.6) is 0 Å². The van der Waals surface area contributed by atoms with Gasteiger partial charge in [-0.2, -0.15) is 13.2 Å². The third kappa shape index (κ3) is 6.77. The standard InChI is InChI=1S/C25H20Cl2F3N5O.CH2O/c1-34(2)32-23-21(16-4-8-18(26)9-5-16)22(17-6-10-19(27)11-7-17)24(36)35(33-23)14-15-3-12-20(31-13-15)25(28,29)30;1-2/h3-13H,14H2,1-2H3,(H,32,33);1H2. The summed E-state index contributed by atoms with van der Waals surface area (Å²) < 4.78 is 40.0. The lowest BCUT2D eigenvalue weighted by Gasteiger charge is -2.21. The van der Waals surface area contributed by atoms with Crippen molar-refractivity contribution < 1.29 is 18.0 Å². The number of hydrogen-bond donors (Lipinski definition) is 1. The van der Waals surface area contributed by atoms with Gasteiger partial charge in [-0.15, -0.1) is 5.10 Å². The van der Waals surface area contributed by atoms with Gasteiger partial charge in [0.15, 0.2) is 5.82 Å². The van der Waals surface area contributed by atoms with Gasteiger partial charge in [-0.3, -0.25) is 9.78 Å². The molecule has 0 aliphatic rings. The summed E-state index contributed by atoms with van der Waals surface area (Å²) in [5.74, 6) is 0.367. The highest BCUT2D eigenvalue weighted by molar-refractivity contribution is 6.31. The smallest absolute Gasteiger partial charge is 0.307 e. The SMILES string of the molecule is C=O.CN(C)Nc1nn(Cc2ccc(C(F)(F)F)nc2)c(=O)c(-c2ccc(Cl)cc2)c1-c1ccc(Cl)cc1. The number of carbonyl (C=O) groups is 1. The Hall–Kier alpha value is -3.73. The summed E-state index contributed by atoms with van der Waals surface area (Å²) in [5, 5.41) is 7.23. The molecule has 2 aromatic heterocycles. The fourth-order valence-electron chi connectivity index (χ4n) is 3.61. The lowest BCUT2D eigenvalue weighted by molar-refractivity contribution is -0.141. The lowest BCUT2D eigenvalue weighted by atomic mass is 9.96. The zero-order chi connectivity index (χ0) is 28.0. The number of hydrogen-bond acceptors (Lipinski definition) is 6. The summed E-state index contributed by atoms with van der Waals surface area (Å²) in [7, 11) is 3.54. The Morgan fingerprint density at radius 3 is 1.87 bits per heavy atom. The van der Waals surface area contributed by atoms with Gasteiger partial charge in [0.25, 0.3) is 5.56 Å². The van der Waals surface area contributed by atoms with Crippen molar-refractivity contribution in [3.05, 3.63) is 98.5 Å². The van der Waals surface area contributed by atoms with Crippen molar-refractivity contribution in [1.29, 1.82) is 0 Å². The number of benzene rings is 2. The maximum atomic E-state index is 13.8. The van der Waals surface area contributed by atoms with Crippen LogP contribution in [-0.2, 0) is 17.5 Å². The van der Waals surface area contributed by atoms with Gasteiger partial charge in [0, 0.05) is 35.9 Å². The molecule has 0 unspecified atom stereocenters. The maximum Gasteiger partial charge on any atom is 0.433 e. The van der Waals surface area contributed by atoms with E-state index in [0.29, 0.717) is 43.7 Å². The number of hydrazine groups is 1. The molecule has 38 heavy (non-hydrogen) atoms. The van der Waals surface area contributed by atoms with Crippen LogP contribution in [0.3, 0.4) is 0 Å². The fraction of sp³-hybridized carbons (Fsp3) is 0.154. The lowest BCUT2D eigenvalue weighted by Crippen LogP contribution is -2.30. The van der Waals surface area contributed by atoms with E-state index in [1.165, 1.54) is 10.7 Å². The highest BCUT2D eigenvalue weighted by atomic mass is 35.5. The summed E-state index contributed by atoms with van der Waals surface area (Å²) in [6.45, 7) is 1.91. The summed E-state index contributed by atoms with van der Waals surface area (Å²) in [6, 6.07) is 15.9. The van der Waals surface area contributed by atoms with Crippen LogP contribution in [0.2, 0.25) is 10.0 Å². The average molecular weight is 564 g/mol. The van der Waals surface area contributed by atoms with E-state index in [4.69, 9.17) is 28.0 Å². The Balaban J connectivity index is 0.00000195. The molecular weight excluding hydrogens is 542 g/mol. The van der Waals surface area contributed by atoms with E-state index in [1.807, 2.05) is 6.79 Å². The molecule has 0 saturated heterocycles. The molecular formula is C26H22Cl2F3N5O2. The molecule has 7 nitrogen and oxygen atoms in total. The monoisotopic (exact) mass is 563 g/mol. The van der Waals surface area contributed by atoms with Crippen molar-refractivity contribution in [2.75, 3.05) is 19.5 Å². The van der Waals surface area contributed by atoms with Crippen LogP contribution in [-0.4, -0.2) is 40.7 Å². The first-order chi connectivity index (χ1) is 18.0. The Kier molecular flexibility index (Phi) is 9.26. The second-order valence-electron chi connectivity index (χ2n) is 8.13. The van der Waals surface area contributed by atoms with Crippen molar-refractivity contribution in [2.24, 2.45) is 0 Å². The summed E-state index contributed by atoms with van der Waals surface area (Å²) in [5.41, 5.74) is 4.23. The van der Waals surface area contributed by atoms with Crippen LogP contribution in [0, 0.1) is 0 Å². The molecule has 4 aromatic rings. The molecule has 0 amide bonds. The molecule has 0 fully saturated rings. The molecule has 0 aliphatic carbocycles. The van der Waals surface area contributed by atoms with Crippen molar-refractivity contribution in [1.82, 2.24) is 19.8 Å². The normalized spacial score (nSPS) is 11.2. The number of halogens is 5.